The summed E-state index contributed by atoms with van der Waals surface area (Å²) in [6.45, 7) is 8.00. The highest BCUT2D eigenvalue weighted by Gasteiger charge is 2.06. The standard InChI is InChI=1S/C16H22N4OS/c1-5-19(6-2)14-8-7-13(15(21)9-14)10-18-20-12(3)11-22-16(20)17-4/h7-11,21H,5-6H2,1-4H3. The highest BCUT2D eigenvalue weighted by atomic mass is 32.1. The summed E-state index contributed by atoms with van der Waals surface area (Å²) in [7, 11) is 1.74. The Labute approximate surface area is 134 Å². The van der Waals surface area contributed by atoms with Gasteiger partial charge in [-0.25, -0.2) is 4.68 Å². The third-order valence-electron chi connectivity index (χ3n) is 3.50. The van der Waals surface area contributed by atoms with Crippen molar-refractivity contribution < 1.29 is 5.11 Å². The SMILES string of the molecule is CCN(CC)c1ccc(C=Nn2c(C)csc2=NC)c(O)c1. The van der Waals surface area contributed by atoms with Crippen LogP contribution in [-0.2, 0) is 0 Å². The van der Waals surface area contributed by atoms with E-state index < -0.39 is 0 Å². The first-order valence-corrected chi connectivity index (χ1v) is 8.20. The van der Waals surface area contributed by atoms with Gasteiger partial charge in [-0.05, 0) is 32.9 Å². The number of nitrogens with zero attached hydrogens (tertiary/aromatic N) is 4. The molecule has 0 saturated carbocycles. The van der Waals surface area contributed by atoms with Crippen molar-refractivity contribution in [3.05, 3.63) is 39.6 Å². The summed E-state index contributed by atoms with van der Waals surface area (Å²) in [6, 6.07) is 5.67. The number of phenolic OH excluding ortho intramolecular Hbond substituents is 1. The van der Waals surface area contributed by atoms with Crippen molar-refractivity contribution in [1.82, 2.24) is 4.68 Å². The maximum atomic E-state index is 10.2. The number of anilines is 1. The molecule has 2 rings (SSSR count). The van der Waals surface area contributed by atoms with Gasteiger partial charge in [-0.2, -0.15) is 5.10 Å². The Morgan fingerprint density at radius 2 is 2.05 bits per heavy atom. The Bertz CT molecular complexity index is 726. The number of aromatic nitrogens is 1. The van der Waals surface area contributed by atoms with E-state index in [0.717, 1.165) is 29.3 Å². The topological polar surface area (TPSA) is 53.1 Å². The fraction of sp³-hybridized carbons (Fsp3) is 0.375. The van der Waals surface area contributed by atoms with Crippen molar-refractivity contribution in [2.75, 3.05) is 25.0 Å². The summed E-state index contributed by atoms with van der Waals surface area (Å²) < 4.78 is 1.77. The second-order valence-electron chi connectivity index (χ2n) is 4.86. The Morgan fingerprint density at radius 3 is 2.64 bits per heavy atom. The van der Waals surface area contributed by atoms with E-state index in [1.54, 1.807) is 35.3 Å². The molecule has 22 heavy (non-hydrogen) atoms. The lowest BCUT2D eigenvalue weighted by molar-refractivity contribution is 0.474. The molecule has 1 heterocycles. The second kappa shape index (κ2) is 7.26. The van der Waals surface area contributed by atoms with Gasteiger partial charge < -0.3 is 10.0 Å². The Kier molecular flexibility index (Phi) is 5.38. The number of aromatic hydroxyl groups is 1. The van der Waals surface area contributed by atoms with Crippen LogP contribution in [-0.4, -0.2) is 36.1 Å². The van der Waals surface area contributed by atoms with Gasteiger partial charge in [0.15, 0.2) is 0 Å². The van der Waals surface area contributed by atoms with Crippen LogP contribution in [0, 0.1) is 6.92 Å². The molecule has 6 heteroatoms. The Hall–Kier alpha value is -2.08. The zero-order valence-corrected chi connectivity index (χ0v) is 14.3. The van der Waals surface area contributed by atoms with E-state index in [1.165, 1.54) is 0 Å². The number of rotatable bonds is 5. The lowest BCUT2D eigenvalue weighted by atomic mass is 10.2. The van der Waals surface area contributed by atoms with E-state index in [9.17, 15) is 5.11 Å². The predicted molar refractivity (Wildman–Crippen MR) is 93.2 cm³/mol. The van der Waals surface area contributed by atoms with Gasteiger partial charge in [0.2, 0.25) is 4.80 Å². The quantitative estimate of drug-likeness (QED) is 0.862. The molecule has 2 aromatic rings. The van der Waals surface area contributed by atoms with Crippen LogP contribution in [0.1, 0.15) is 25.1 Å². The number of benzene rings is 1. The van der Waals surface area contributed by atoms with Gasteiger partial charge in [0.1, 0.15) is 5.75 Å². The van der Waals surface area contributed by atoms with Crippen molar-refractivity contribution in [3.8, 4) is 5.75 Å². The molecule has 0 aliphatic carbocycles. The summed E-state index contributed by atoms with van der Waals surface area (Å²) in [5.74, 6) is 0.233. The molecule has 0 aliphatic rings. The van der Waals surface area contributed by atoms with E-state index >= 15 is 0 Å². The van der Waals surface area contributed by atoms with Crippen LogP contribution in [0.5, 0.6) is 5.75 Å². The van der Waals surface area contributed by atoms with E-state index in [4.69, 9.17) is 0 Å². The molecular formula is C16H22N4OS. The molecule has 0 unspecified atom stereocenters. The molecule has 0 fully saturated rings. The van der Waals surface area contributed by atoms with Crippen LogP contribution in [0.2, 0.25) is 0 Å². The number of hydrogen-bond acceptors (Lipinski definition) is 5. The molecular weight excluding hydrogens is 296 g/mol. The Morgan fingerprint density at radius 1 is 1.32 bits per heavy atom. The number of hydrogen-bond donors (Lipinski definition) is 1. The van der Waals surface area contributed by atoms with E-state index in [0.29, 0.717) is 5.56 Å². The fourth-order valence-corrected chi connectivity index (χ4v) is 3.00. The summed E-state index contributed by atoms with van der Waals surface area (Å²) >= 11 is 1.54. The first-order chi connectivity index (χ1) is 10.6. The summed E-state index contributed by atoms with van der Waals surface area (Å²) in [6.07, 6.45) is 1.66. The normalized spacial score (nSPS) is 12.3. The molecule has 1 aromatic carbocycles. The molecule has 1 aromatic heterocycles. The molecule has 1 N–H and O–H groups in total. The number of thiazole rings is 1. The average Bonchev–Trinajstić information content (AvgIpc) is 2.88. The van der Waals surface area contributed by atoms with Gasteiger partial charge >= 0.3 is 0 Å². The van der Waals surface area contributed by atoms with Gasteiger partial charge in [0, 0.05) is 42.8 Å². The van der Waals surface area contributed by atoms with Crippen molar-refractivity contribution in [3.63, 3.8) is 0 Å². The highest BCUT2D eigenvalue weighted by molar-refractivity contribution is 7.07. The van der Waals surface area contributed by atoms with Crippen LogP contribution < -0.4 is 9.70 Å². The van der Waals surface area contributed by atoms with Gasteiger partial charge in [0.25, 0.3) is 0 Å². The lowest BCUT2D eigenvalue weighted by Crippen LogP contribution is -2.21. The third kappa shape index (κ3) is 3.39. The molecule has 0 aliphatic heterocycles. The van der Waals surface area contributed by atoms with Crippen LogP contribution in [0.25, 0.3) is 0 Å². The van der Waals surface area contributed by atoms with Crippen LogP contribution in [0.4, 0.5) is 5.69 Å². The first kappa shape index (κ1) is 16.3. The summed E-state index contributed by atoms with van der Waals surface area (Å²) in [5, 5.41) is 16.6. The van der Waals surface area contributed by atoms with Crippen molar-refractivity contribution >= 4 is 23.2 Å². The monoisotopic (exact) mass is 318 g/mol. The maximum Gasteiger partial charge on any atom is 0.205 e. The maximum absolute atomic E-state index is 10.2. The van der Waals surface area contributed by atoms with E-state index in [1.807, 2.05) is 24.4 Å². The largest absolute Gasteiger partial charge is 0.507 e. The fourth-order valence-electron chi connectivity index (χ4n) is 2.22. The van der Waals surface area contributed by atoms with Gasteiger partial charge in [-0.1, -0.05) is 0 Å². The van der Waals surface area contributed by atoms with Crippen molar-refractivity contribution in [1.29, 1.82) is 0 Å². The van der Waals surface area contributed by atoms with Crippen molar-refractivity contribution in [2.24, 2.45) is 10.1 Å². The van der Waals surface area contributed by atoms with Gasteiger partial charge in [-0.15, -0.1) is 11.3 Å². The Balaban J connectivity index is 2.31. The van der Waals surface area contributed by atoms with Crippen LogP contribution in [0.15, 0.2) is 33.7 Å². The minimum atomic E-state index is 0.233. The smallest absolute Gasteiger partial charge is 0.205 e. The molecule has 118 valence electrons. The average molecular weight is 318 g/mol. The lowest BCUT2D eigenvalue weighted by Gasteiger charge is -2.21. The summed E-state index contributed by atoms with van der Waals surface area (Å²) in [5.41, 5.74) is 2.72. The van der Waals surface area contributed by atoms with E-state index in [2.05, 4.69) is 28.8 Å². The van der Waals surface area contributed by atoms with Crippen LogP contribution in [0.3, 0.4) is 0 Å². The number of aryl methyl sites for hydroxylation is 1. The molecule has 0 radical (unpaired) electrons. The molecule has 0 spiro atoms. The molecule has 5 nitrogen and oxygen atoms in total. The van der Waals surface area contributed by atoms with Crippen molar-refractivity contribution in [2.45, 2.75) is 20.8 Å². The van der Waals surface area contributed by atoms with Crippen LogP contribution >= 0.6 is 11.3 Å². The first-order valence-electron chi connectivity index (χ1n) is 7.33. The highest BCUT2D eigenvalue weighted by Crippen LogP contribution is 2.23. The molecule has 0 saturated heterocycles. The van der Waals surface area contributed by atoms with Gasteiger partial charge in [-0.3, -0.25) is 4.99 Å². The molecule has 0 bridgehead atoms. The minimum Gasteiger partial charge on any atom is -0.507 e. The molecule has 0 amide bonds. The molecule has 0 atom stereocenters. The second-order valence-corrected chi connectivity index (χ2v) is 5.69. The predicted octanol–water partition coefficient (Wildman–Crippen LogP) is 2.82. The zero-order chi connectivity index (χ0) is 16.1. The minimum absolute atomic E-state index is 0.233. The number of phenols is 1. The van der Waals surface area contributed by atoms with E-state index in [-0.39, 0.29) is 5.75 Å². The third-order valence-corrected chi connectivity index (χ3v) is 4.52. The van der Waals surface area contributed by atoms with Gasteiger partial charge in [0.05, 0.1) is 11.9 Å². The summed E-state index contributed by atoms with van der Waals surface area (Å²) in [4.78, 5) is 7.20. The zero-order valence-electron chi connectivity index (χ0n) is 13.4.